The second-order valence-electron chi connectivity index (χ2n) is 5.42. The van der Waals surface area contributed by atoms with Crippen molar-refractivity contribution in [2.75, 3.05) is 6.16 Å². The van der Waals surface area contributed by atoms with Crippen LogP contribution in [-0.2, 0) is 19.1 Å². The van der Waals surface area contributed by atoms with Gasteiger partial charge >= 0.3 is 11.9 Å². The van der Waals surface area contributed by atoms with E-state index in [-0.39, 0.29) is 24.1 Å². The van der Waals surface area contributed by atoms with Crippen molar-refractivity contribution in [1.29, 1.82) is 0 Å². The van der Waals surface area contributed by atoms with Gasteiger partial charge in [0.25, 0.3) is 0 Å². The Kier molecular flexibility index (Phi) is 9.75. The van der Waals surface area contributed by atoms with Gasteiger partial charge in [0.15, 0.2) is 0 Å². The van der Waals surface area contributed by atoms with E-state index in [1.807, 2.05) is 34.6 Å². The first-order valence-corrected chi connectivity index (χ1v) is 8.90. The molecule has 0 heterocycles. The van der Waals surface area contributed by atoms with Gasteiger partial charge in [-0.25, -0.2) is 0 Å². The van der Waals surface area contributed by atoms with E-state index in [1.54, 1.807) is 13.8 Å². The van der Waals surface area contributed by atoms with E-state index in [4.69, 9.17) is 9.47 Å². The van der Waals surface area contributed by atoms with Crippen molar-refractivity contribution in [3.8, 4) is 0 Å². The number of rotatable bonds is 9. The minimum absolute atomic E-state index is 0.137. The summed E-state index contributed by atoms with van der Waals surface area (Å²) in [6, 6.07) is -0.835. The van der Waals surface area contributed by atoms with Crippen LogP contribution in [0.3, 0.4) is 0 Å². The summed E-state index contributed by atoms with van der Waals surface area (Å²) in [5.74, 6) is -0.574. The van der Waals surface area contributed by atoms with Crippen LogP contribution in [0, 0.1) is 0 Å². The molecule has 2 atom stereocenters. The standard InChI is InChI=1S/C14H29N2O4P/c1-8-21(15-11(6)13(17)19-9(2)3)16-12(7)14(18)20-10(4)5/h9-12,15-16H,8H2,1-7H3/t11-,12-/m0/s1. The molecule has 2 N–H and O–H groups in total. The van der Waals surface area contributed by atoms with Gasteiger partial charge in [-0.05, 0) is 47.7 Å². The highest BCUT2D eigenvalue weighted by atomic mass is 31.1. The second-order valence-corrected chi connectivity index (χ2v) is 7.42. The summed E-state index contributed by atoms with van der Waals surface area (Å²) in [6.45, 7) is 12.8. The molecule has 0 fully saturated rings. The first-order valence-electron chi connectivity index (χ1n) is 7.38. The third-order valence-electron chi connectivity index (χ3n) is 2.43. The maximum atomic E-state index is 11.8. The summed E-state index contributed by atoms with van der Waals surface area (Å²) >= 11 is 0. The zero-order valence-electron chi connectivity index (χ0n) is 14.1. The summed E-state index contributed by atoms with van der Waals surface area (Å²) in [5.41, 5.74) is 0. The van der Waals surface area contributed by atoms with Gasteiger partial charge in [-0.2, -0.15) is 0 Å². The Balaban J connectivity index is 4.38. The van der Waals surface area contributed by atoms with E-state index in [0.717, 1.165) is 6.16 Å². The lowest BCUT2D eigenvalue weighted by Crippen LogP contribution is -2.41. The van der Waals surface area contributed by atoms with Gasteiger partial charge in [0.05, 0.1) is 12.2 Å². The molecule has 0 aliphatic heterocycles. The summed E-state index contributed by atoms with van der Waals surface area (Å²) in [6.07, 6.45) is 0.513. The number of hydrogen-bond acceptors (Lipinski definition) is 6. The molecule has 0 saturated heterocycles. The van der Waals surface area contributed by atoms with Crippen LogP contribution in [0.5, 0.6) is 0 Å². The van der Waals surface area contributed by atoms with Crippen LogP contribution >= 0.6 is 8.22 Å². The molecule has 0 amide bonds. The molecule has 0 aromatic rings. The smallest absolute Gasteiger partial charge is 0.323 e. The van der Waals surface area contributed by atoms with Crippen LogP contribution in [0.2, 0.25) is 0 Å². The number of esters is 2. The molecule has 0 aliphatic carbocycles. The Morgan fingerprint density at radius 2 is 1.19 bits per heavy atom. The predicted octanol–water partition coefficient (Wildman–Crippen LogP) is 2.18. The molecule has 0 bridgehead atoms. The molecule has 0 spiro atoms. The Hall–Kier alpha value is -0.710. The zero-order chi connectivity index (χ0) is 16.6. The first kappa shape index (κ1) is 20.3. The minimum atomic E-state index is -0.854. The van der Waals surface area contributed by atoms with Crippen molar-refractivity contribution in [1.82, 2.24) is 10.2 Å². The van der Waals surface area contributed by atoms with Crippen molar-refractivity contribution >= 4 is 20.2 Å². The van der Waals surface area contributed by atoms with Crippen LogP contribution in [0.4, 0.5) is 0 Å². The van der Waals surface area contributed by atoms with Crippen molar-refractivity contribution in [2.24, 2.45) is 0 Å². The van der Waals surface area contributed by atoms with Crippen LogP contribution in [0.1, 0.15) is 48.5 Å². The third-order valence-corrected chi connectivity index (χ3v) is 4.46. The average Bonchev–Trinajstić information content (AvgIpc) is 2.35. The fourth-order valence-corrected chi connectivity index (χ4v) is 3.05. The van der Waals surface area contributed by atoms with Crippen molar-refractivity contribution in [3.05, 3.63) is 0 Å². The average molecular weight is 320 g/mol. The minimum Gasteiger partial charge on any atom is -0.462 e. The lowest BCUT2D eigenvalue weighted by Gasteiger charge is -2.25. The molecule has 0 radical (unpaired) electrons. The van der Waals surface area contributed by atoms with E-state index >= 15 is 0 Å². The normalized spacial score (nSPS) is 14.4. The molecular weight excluding hydrogens is 291 g/mol. The van der Waals surface area contributed by atoms with Gasteiger partial charge in [0.1, 0.15) is 12.1 Å². The van der Waals surface area contributed by atoms with Gasteiger partial charge in [-0.15, -0.1) is 0 Å². The molecule has 21 heavy (non-hydrogen) atoms. The maximum Gasteiger partial charge on any atom is 0.323 e. The van der Waals surface area contributed by atoms with Gasteiger partial charge in [0.2, 0.25) is 0 Å². The second kappa shape index (κ2) is 10.1. The van der Waals surface area contributed by atoms with Crippen LogP contribution in [0.25, 0.3) is 0 Å². The van der Waals surface area contributed by atoms with Gasteiger partial charge in [0, 0.05) is 8.22 Å². The molecule has 0 unspecified atom stereocenters. The molecule has 124 valence electrons. The van der Waals surface area contributed by atoms with Gasteiger partial charge < -0.3 is 9.47 Å². The highest BCUT2D eigenvalue weighted by Gasteiger charge is 2.23. The van der Waals surface area contributed by atoms with Crippen molar-refractivity contribution in [2.45, 2.75) is 72.8 Å². The Labute approximate surface area is 129 Å². The highest BCUT2D eigenvalue weighted by molar-refractivity contribution is 7.53. The molecule has 0 aromatic heterocycles. The fourth-order valence-electron chi connectivity index (χ4n) is 1.46. The van der Waals surface area contributed by atoms with Crippen molar-refractivity contribution < 1.29 is 19.1 Å². The van der Waals surface area contributed by atoms with Crippen molar-refractivity contribution in [3.63, 3.8) is 0 Å². The van der Waals surface area contributed by atoms with E-state index < -0.39 is 20.3 Å². The monoisotopic (exact) mass is 320 g/mol. The summed E-state index contributed by atoms with van der Waals surface area (Å²) in [5, 5.41) is 6.36. The Bertz CT molecular complexity index is 307. The number of nitrogens with one attached hydrogen (secondary N) is 2. The highest BCUT2D eigenvalue weighted by Crippen LogP contribution is 2.26. The predicted molar refractivity (Wildman–Crippen MR) is 85.1 cm³/mol. The van der Waals surface area contributed by atoms with Crippen LogP contribution < -0.4 is 10.2 Å². The SMILES string of the molecule is CCP(N[C@@H](C)C(=O)OC(C)C)N[C@@H](C)C(=O)OC(C)C. The number of ether oxygens (including phenoxy) is 2. The van der Waals surface area contributed by atoms with Crippen LogP contribution in [-0.4, -0.2) is 42.4 Å². The molecule has 0 aromatic carbocycles. The largest absolute Gasteiger partial charge is 0.462 e. The lowest BCUT2D eigenvalue weighted by molar-refractivity contribution is -0.149. The Morgan fingerprint density at radius 1 is 0.857 bits per heavy atom. The van der Waals surface area contributed by atoms with E-state index in [2.05, 4.69) is 10.2 Å². The summed E-state index contributed by atoms with van der Waals surface area (Å²) in [7, 11) is -0.854. The van der Waals surface area contributed by atoms with E-state index in [0.29, 0.717) is 0 Å². The molecule has 6 nitrogen and oxygen atoms in total. The van der Waals surface area contributed by atoms with Gasteiger partial charge in [-0.3, -0.25) is 19.8 Å². The van der Waals surface area contributed by atoms with E-state index in [9.17, 15) is 9.59 Å². The quantitative estimate of drug-likeness (QED) is 0.501. The number of hydrogen-bond donors (Lipinski definition) is 2. The fraction of sp³-hybridized carbons (Fsp3) is 0.857. The summed E-state index contributed by atoms with van der Waals surface area (Å²) in [4.78, 5) is 23.6. The molecule has 0 saturated carbocycles. The first-order chi connectivity index (χ1) is 9.67. The zero-order valence-corrected chi connectivity index (χ0v) is 15.0. The maximum absolute atomic E-state index is 11.8. The van der Waals surface area contributed by atoms with Crippen LogP contribution in [0.15, 0.2) is 0 Å². The van der Waals surface area contributed by atoms with E-state index in [1.165, 1.54) is 0 Å². The Morgan fingerprint density at radius 3 is 1.43 bits per heavy atom. The molecule has 0 rings (SSSR count). The lowest BCUT2D eigenvalue weighted by atomic mass is 10.4. The number of carbonyl (C=O) groups excluding carboxylic acids is 2. The third kappa shape index (κ3) is 9.02. The molecule has 0 aliphatic rings. The number of carbonyl (C=O) groups is 2. The molecular formula is C14H29N2O4P. The topological polar surface area (TPSA) is 76.7 Å². The molecule has 7 heteroatoms. The van der Waals surface area contributed by atoms with Gasteiger partial charge in [-0.1, -0.05) is 6.92 Å². The summed E-state index contributed by atoms with van der Waals surface area (Å²) < 4.78 is 10.3.